The lowest BCUT2D eigenvalue weighted by Crippen LogP contribution is -2.43. The molecule has 0 unspecified atom stereocenters. The summed E-state index contributed by atoms with van der Waals surface area (Å²) in [5, 5.41) is 25.5. The maximum Gasteiger partial charge on any atom is 0.303 e. The maximum atomic E-state index is 13.5. The van der Waals surface area contributed by atoms with Gasteiger partial charge in [0.05, 0.1) is 38.4 Å². The molecule has 9 nitrogen and oxygen atoms in total. The van der Waals surface area contributed by atoms with Crippen LogP contribution in [0.25, 0.3) is 10.9 Å². The Morgan fingerprint density at radius 2 is 1.82 bits per heavy atom. The number of fused-ring (bicyclic) bond motifs is 1. The molecule has 2 aliphatic heterocycles. The minimum absolute atomic E-state index is 0.0416. The molecule has 2 aliphatic rings. The molecule has 2 saturated heterocycles. The van der Waals surface area contributed by atoms with Crippen molar-refractivity contribution in [2.45, 2.75) is 44.8 Å². The van der Waals surface area contributed by atoms with Gasteiger partial charge >= 0.3 is 5.97 Å². The summed E-state index contributed by atoms with van der Waals surface area (Å²) in [6.45, 7) is 6.18. The number of carboxylic acid groups (broad SMARTS) is 1. The Hall–Kier alpha value is -3.38. The van der Waals surface area contributed by atoms with Crippen LogP contribution in [0.1, 0.15) is 49.3 Å². The Balaban J connectivity index is 1.27. The van der Waals surface area contributed by atoms with Gasteiger partial charge in [-0.05, 0) is 85.6 Å². The molecular formula is C33H42F2N4O5. The molecule has 5 rings (SSSR count). The predicted molar refractivity (Wildman–Crippen MR) is 164 cm³/mol. The number of likely N-dealkylation sites (tertiary alicyclic amines) is 1. The molecule has 0 bridgehead atoms. The second-order valence-corrected chi connectivity index (χ2v) is 12.0. The molecule has 44 heavy (non-hydrogen) atoms. The number of rotatable bonds is 13. The van der Waals surface area contributed by atoms with Crippen LogP contribution >= 0.6 is 0 Å². The van der Waals surface area contributed by atoms with Crippen molar-refractivity contribution in [2.75, 3.05) is 64.9 Å². The quantitative estimate of drug-likeness (QED) is 0.250. The number of carboxylic acids is 1. The van der Waals surface area contributed by atoms with E-state index in [4.69, 9.17) is 9.47 Å². The van der Waals surface area contributed by atoms with Gasteiger partial charge < -0.3 is 29.9 Å². The van der Waals surface area contributed by atoms with Gasteiger partial charge in [-0.3, -0.25) is 14.7 Å². The van der Waals surface area contributed by atoms with Crippen LogP contribution in [-0.2, 0) is 16.1 Å². The summed E-state index contributed by atoms with van der Waals surface area (Å²) in [6.07, 6.45) is 3.45. The zero-order valence-electron chi connectivity index (χ0n) is 25.2. The van der Waals surface area contributed by atoms with Crippen molar-refractivity contribution in [3.63, 3.8) is 0 Å². The smallest absolute Gasteiger partial charge is 0.303 e. The van der Waals surface area contributed by atoms with Gasteiger partial charge in [0.15, 0.2) is 0 Å². The number of pyridine rings is 1. The first-order valence-electron chi connectivity index (χ1n) is 15.3. The number of benzene rings is 2. The van der Waals surface area contributed by atoms with Gasteiger partial charge in [-0.1, -0.05) is 0 Å². The number of hydrogen-bond donors (Lipinski definition) is 3. The number of nitrogens with zero attached hydrogens (tertiary/aromatic N) is 3. The standard InChI is InChI=1S/C33H42F2N4O5/c1-43-27-2-3-29-28(19-27)32(23(21-37-29)22-39-12-14-44-15-13-39)30(40)4-5-33(20-31(41)42)6-9-38(10-7-33)11-8-36-26-17-24(34)16-25(35)18-26/h2-3,16-19,21,30,36,40H,4-15,20,22H2,1H3,(H,41,42)/t30-/m1/s1. The lowest BCUT2D eigenvalue weighted by atomic mass is 9.71. The number of carbonyl (C=O) groups is 1. The van der Waals surface area contributed by atoms with Gasteiger partial charge in [0.1, 0.15) is 17.4 Å². The molecule has 2 aromatic carbocycles. The molecule has 0 aliphatic carbocycles. The summed E-state index contributed by atoms with van der Waals surface area (Å²) in [6, 6.07) is 9.03. The van der Waals surface area contributed by atoms with Gasteiger partial charge in [-0.2, -0.15) is 0 Å². The first-order valence-corrected chi connectivity index (χ1v) is 15.3. The Labute approximate surface area is 256 Å². The molecule has 11 heteroatoms. The van der Waals surface area contributed by atoms with E-state index in [9.17, 15) is 23.8 Å². The minimum Gasteiger partial charge on any atom is -0.497 e. The lowest BCUT2D eigenvalue weighted by Gasteiger charge is -2.42. The number of ether oxygens (including phenoxy) is 2. The first kappa shape index (κ1) is 32.0. The fourth-order valence-electron chi connectivity index (χ4n) is 6.57. The van der Waals surface area contributed by atoms with E-state index in [1.165, 1.54) is 12.1 Å². The number of piperidine rings is 1. The average molecular weight is 613 g/mol. The molecule has 238 valence electrons. The van der Waals surface area contributed by atoms with Crippen LogP contribution in [0.5, 0.6) is 5.75 Å². The fourth-order valence-corrected chi connectivity index (χ4v) is 6.57. The number of aromatic nitrogens is 1. The third-order valence-electron chi connectivity index (χ3n) is 9.04. The highest BCUT2D eigenvalue weighted by Crippen LogP contribution is 2.42. The van der Waals surface area contributed by atoms with Crippen LogP contribution in [0.2, 0.25) is 0 Å². The molecule has 0 spiro atoms. The molecule has 2 fully saturated rings. The predicted octanol–water partition coefficient (Wildman–Crippen LogP) is 4.84. The van der Waals surface area contributed by atoms with E-state index < -0.39 is 29.1 Å². The largest absolute Gasteiger partial charge is 0.497 e. The van der Waals surface area contributed by atoms with E-state index in [-0.39, 0.29) is 6.42 Å². The molecule has 0 radical (unpaired) electrons. The van der Waals surface area contributed by atoms with Crippen molar-refractivity contribution < 1.29 is 33.3 Å². The Kier molecular flexibility index (Phi) is 10.6. The Morgan fingerprint density at radius 3 is 2.50 bits per heavy atom. The zero-order chi connectivity index (χ0) is 31.1. The van der Waals surface area contributed by atoms with Gasteiger partial charge in [-0.15, -0.1) is 0 Å². The van der Waals surface area contributed by atoms with Crippen molar-refractivity contribution >= 4 is 22.6 Å². The first-order chi connectivity index (χ1) is 21.2. The highest BCUT2D eigenvalue weighted by Gasteiger charge is 2.37. The number of nitrogens with one attached hydrogen (secondary N) is 1. The third-order valence-corrected chi connectivity index (χ3v) is 9.04. The molecule has 3 N–H and O–H groups in total. The van der Waals surface area contributed by atoms with Gasteiger partial charge in [0, 0.05) is 56.1 Å². The Morgan fingerprint density at radius 1 is 1.09 bits per heavy atom. The van der Waals surface area contributed by atoms with Crippen molar-refractivity contribution in [1.82, 2.24) is 14.8 Å². The number of aliphatic carboxylic acids is 1. The van der Waals surface area contributed by atoms with Crippen molar-refractivity contribution in [3.8, 4) is 5.75 Å². The Bertz CT molecular complexity index is 1410. The normalized spacial score (nSPS) is 18.3. The van der Waals surface area contributed by atoms with Crippen LogP contribution in [0.3, 0.4) is 0 Å². The number of morpholine rings is 1. The van der Waals surface area contributed by atoms with E-state index in [0.29, 0.717) is 83.1 Å². The summed E-state index contributed by atoms with van der Waals surface area (Å²) in [5.41, 5.74) is 2.50. The van der Waals surface area contributed by atoms with E-state index in [2.05, 4.69) is 20.1 Å². The number of aliphatic hydroxyl groups is 1. The SMILES string of the molecule is COc1ccc2ncc(CN3CCOCC3)c([C@H](O)CCC3(CC(=O)O)CCN(CCNc4cc(F)cc(F)c4)CC3)c2c1. The van der Waals surface area contributed by atoms with Crippen molar-refractivity contribution in [1.29, 1.82) is 0 Å². The highest BCUT2D eigenvalue weighted by atomic mass is 19.1. The van der Waals surface area contributed by atoms with Gasteiger partial charge in [-0.25, -0.2) is 8.78 Å². The average Bonchev–Trinajstić information content (AvgIpc) is 3.00. The summed E-state index contributed by atoms with van der Waals surface area (Å²) in [5.74, 6) is -1.41. The van der Waals surface area contributed by atoms with Crippen LogP contribution in [0, 0.1) is 17.0 Å². The molecule has 3 aromatic rings. The van der Waals surface area contributed by atoms with E-state index in [1.807, 2.05) is 24.4 Å². The number of anilines is 1. The molecule has 3 heterocycles. The number of halogens is 2. The summed E-state index contributed by atoms with van der Waals surface area (Å²) in [4.78, 5) is 21.2. The van der Waals surface area contributed by atoms with Crippen LogP contribution < -0.4 is 10.1 Å². The second kappa shape index (κ2) is 14.6. The highest BCUT2D eigenvalue weighted by molar-refractivity contribution is 5.85. The summed E-state index contributed by atoms with van der Waals surface area (Å²) < 4.78 is 38.0. The van der Waals surface area contributed by atoms with Crippen LogP contribution in [0.4, 0.5) is 14.5 Å². The molecule has 1 aromatic heterocycles. The van der Waals surface area contributed by atoms with E-state index >= 15 is 0 Å². The second-order valence-electron chi connectivity index (χ2n) is 12.0. The number of hydrogen-bond acceptors (Lipinski definition) is 8. The van der Waals surface area contributed by atoms with Gasteiger partial charge in [0.2, 0.25) is 0 Å². The third kappa shape index (κ3) is 8.20. The number of aliphatic hydroxyl groups excluding tert-OH is 1. The fraction of sp³-hybridized carbons (Fsp3) is 0.515. The molecule has 0 saturated carbocycles. The molecular weight excluding hydrogens is 570 g/mol. The summed E-state index contributed by atoms with van der Waals surface area (Å²) in [7, 11) is 1.61. The minimum atomic E-state index is -0.838. The van der Waals surface area contributed by atoms with Crippen molar-refractivity contribution in [2.24, 2.45) is 5.41 Å². The zero-order valence-corrected chi connectivity index (χ0v) is 25.2. The number of methoxy groups -OCH3 is 1. The van der Waals surface area contributed by atoms with Crippen LogP contribution in [0.15, 0.2) is 42.6 Å². The van der Waals surface area contributed by atoms with E-state index in [1.54, 1.807) is 7.11 Å². The van der Waals surface area contributed by atoms with Crippen LogP contribution in [-0.4, -0.2) is 90.6 Å². The summed E-state index contributed by atoms with van der Waals surface area (Å²) >= 11 is 0. The lowest BCUT2D eigenvalue weighted by molar-refractivity contribution is -0.141. The molecule has 1 atom stereocenters. The van der Waals surface area contributed by atoms with Gasteiger partial charge in [0.25, 0.3) is 0 Å². The molecule has 0 amide bonds. The van der Waals surface area contributed by atoms with E-state index in [0.717, 1.165) is 41.2 Å². The maximum absolute atomic E-state index is 13.5. The van der Waals surface area contributed by atoms with Crippen molar-refractivity contribution in [3.05, 3.63) is 65.4 Å². The monoisotopic (exact) mass is 612 g/mol. The topological polar surface area (TPSA) is 107 Å².